The van der Waals surface area contributed by atoms with Gasteiger partial charge in [0.2, 0.25) is 11.6 Å². The number of carbonyl (C=O) groups excluding carboxylic acids is 2. The molecule has 0 aliphatic heterocycles. The maximum atomic E-state index is 13.9. The van der Waals surface area contributed by atoms with E-state index >= 15 is 0 Å². The SMILES string of the molecule is CC(C)(C)C1CCC(CC2=C(OC(OP(=O)([O-])[O-])(C(C)(C)C)C(C)(C)C)C(=O)c3ccccc3C2=O)CC1. The number of benzene rings is 1. The Morgan fingerprint density at radius 1 is 0.816 bits per heavy atom. The van der Waals surface area contributed by atoms with Gasteiger partial charge >= 0.3 is 0 Å². The molecule has 1 fully saturated rings. The van der Waals surface area contributed by atoms with Crippen LogP contribution in [0.1, 0.15) is 115 Å². The summed E-state index contributed by atoms with van der Waals surface area (Å²) in [4.78, 5) is 51.8. The van der Waals surface area contributed by atoms with Crippen molar-refractivity contribution in [2.24, 2.45) is 28.1 Å². The largest absolute Gasteiger partial charge is 0.790 e. The molecule has 212 valence electrons. The smallest absolute Gasteiger partial charge is 0.228 e. The van der Waals surface area contributed by atoms with Crippen molar-refractivity contribution in [1.29, 1.82) is 0 Å². The van der Waals surface area contributed by atoms with E-state index < -0.39 is 30.2 Å². The van der Waals surface area contributed by atoms with Crippen molar-refractivity contribution in [1.82, 2.24) is 0 Å². The first-order valence-corrected chi connectivity index (χ1v) is 15.0. The van der Waals surface area contributed by atoms with E-state index in [1.807, 2.05) is 0 Å². The molecule has 1 aromatic rings. The lowest BCUT2D eigenvalue weighted by atomic mass is 9.68. The number of hydrogen-bond donors (Lipinski definition) is 0. The quantitative estimate of drug-likeness (QED) is 0.307. The summed E-state index contributed by atoms with van der Waals surface area (Å²) >= 11 is 0. The van der Waals surface area contributed by atoms with Gasteiger partial charge in [-0.25, -0.2) is 0 Å². The minimum atomic E-state index is -5.57. The third kappa shape index (κ3) is 6.17. The highest BCUT2D eigenvalue weighted by Gasteiger charge is 2.57. The van der Waals surface area contributed by atoms with Crippen molar-refractivity contribution in [3.63, 3.8) is 0 Å². The summed E-state index contributed by atoms with van der Waals surface area (Å²) in [5, 5.41) is 0. The topological polar surface area (TPSA) is 116 Å². The molecule has 0 bridgehead atoms. The molecule has 0 heterocycles. The average Bonchev–Trinajstić information content (AvgIpc) is 2.76. The summed E-state index contributed by atoms with van der Waals surface area (Å²) < 4.78 is 23.6. The van der Waals surface area contributed by atoms with Crippen LogP contribution in [0.4, 0.5) is 0 Å². The molecule has 0 radical (unpaired) electrons. The van der Waals surface area contributed by atoms with Gasteiger partial charge in [-0.2, -0.15) is 0 Å². The molecule has 1 aromatic carbocycles. The lowest BCUT2D eigenvalue weighted by molar-refractivity contribution is -0.384. The maximum absolute atomic E-state index is 13.9. The fraction of sp³-hybridized carbons (Fsp3) is 0.667. The Bertz CT molecular complexity index is 1130. The predicted octanol–water partition coefficient (Wildman–Crippen LogP) is 6.21. The van der Waals surface area contributed by atoms with E-state index in [-0.39, 0.29) is 34.0 Å². The zero-order chi connectivity index (χ0) is 28.9. The number of fused-ring (bicyclic) bond motifs is 1. The highest BCUT2D eigenvalue weighted by Crippen LogP contribution is 2.55. The molecule has 0 spiro atoms. The van der Waals surface area contributed by atoms with Gasteiger partial charge in [-0.15, -0.1) is 0 Å². The van der Waals surface area contributed by atoms with E-state index in [9.17, 15) is 23.9 Å². The highest BCUT2D eigenvalue weighted by atomic mass is 31.2. The van der Waals surface area contributed by atoms with Gasteiger partial charge < -0.3 is 23.6 Å². The van der Waals surface area contributed by atoms with Crippen LogP contribution in [0, 0.1) is 28.1 Å². The number of Topliss-reactive ketones (excluding diaryl/α,β-unsaturated/α-hetero) is 2. The third-order valence-corrected chi connectivity index (χ3v) is 8.68. The van der Waals surface area contributed by atoms with Crippen LogP contribution in [0.15, 0.2) is 35.6 Å². The second-order valence-electron chi connectivity index (χ2n) is 14.1. The predicted molar refractivity (Wildman–Crippen MR) is 143 cm³/mol. The first-order valence-electron chi connectivity index (χ1n) is 13.5. The number of allylic oxidation sites excluding steroid dienone is 2. The first kappa shape index (κ1) is 30.7. The Morgan fingerprint density at radius 2 is 1.29 bits per heavy atom. The van der Waals surface area contributed by atoms with E-state index in [1.165, 1.54) is 0 Å². The van der Waals surface area contributed by atoms with Crippen LogP contribution in [0.5, 0.6) is 0 Å². The lowest BCUT2D eigenvalue weighted by Crippen LogP contribution is -2.58. The minimum absolute atomic E-state index is 0.175. The molecule has 0 amide bonds. The van der Waals surface area contributed by atoms with Crippen molar-refractivity contribution in [3.8, 4) is 0 Å². The summed E-state index contributed by atoms with van der Waals surface area (Å²) in [5.74, 6) is -2.33. The molecule has 38 heavy (non-hydrogen) atoms. The molecule has 0 unspecified atom stereocenters. The number of ketones is 2. The maximum Gasteiger partial charge on any atom is 0.228 e. The van der Waals surface area contributed by atoms with Gasteiger partial charge in [0.1, 0.15) is 0 Å². The lowest BCUT2D eigenvalue weighted by Gasteiger charge is -2.55. The number of ether oxygens (including phenoxy) is 1. The van der Waals surface area contributed by atoms with Crippen molar-refractivity contribution < 1.29 is 33.2 Å². The second kappa shape index (κ2) is 10.3. The molecule has 8 heteroatoms. The molecule has 0 aromatic heterocycles. The Kier molecular flexibility index (Phi) is 8.34. The fourth-order valence-corrected chi connectivity index (χ4v) is 7.14. The number of phosphoric acid groups is 1. The summed E-state index contributed by atoms with van der Waals surface area (Å²) in [6, 6.07) is 6.57. The summed E-state index contributed by atoms with van der Waals surface area (Å²) in [6.45, 7) is 16.9. The van der Waals surface area contributed by atoms with Crippen molar-refractivity contribution >= 4 is 19.4 Å². The van der Waals surface area contributed by atoms with Crippen LogP contribution in [0.3, 0.4) is 0 Å². The van der Waals surface area contributed by atoms with Gasteiger partial charge in [0, 0.05) is 27.5 Å². The number of rotatable bonds is 6. The molecular formula is C30H43O7P-2. The van der Waals surface area contributed by atoms with Gasteiger partial charge in [-0.3, -0.25) is 9.59 Å². The molecule has 2 aliphatic rings. The van der Waals surface area contributed by atoms with Crippen LogP contribution in [0.25, 0.3) is 0 Å². The second-order valence-corrected chi connectivity index (χ2v) is 15.1. The molecule has 3 rings (SSSR count). The molecule has 0 saturated heterocycles. The third-order valence-electron chi connectivity index (χ3n) is 8.20. The Labute approximate surface area is 227 Å². The van der Waals surface area contributed by atoms with Gasteiger partial charge in [0.25, 0.3) is 0 Å². The van der Waals surface area contributed by atoms with E-state index in [4.69, 9.17) is 9.26 Å². The van der Waals surface area contributed by atoms with Gasteiger partial charge in [0.15, 0.2) is 11.5 Å². The first-order chi connectivity index (χ1) is 17.2. The molecule has 1 saturated carbocycles. The van der Waals surface area contributed by atoms with Crippen molar-refractivity contribution in [2.45, 2.75) is 100 Å². The van der Waals surface area contributed by atoms with Crippen LogP contribution >= 0.6 is 7.82 Å². The summed E-state index contributed by atoms with van der Waals surface area (Å²) in [6.07, 6.45) is 4.23. The van der Waals surface area contributed by atoms with E-state index in [2.05, 4.69) is 20.8 Å². The normalized spacial score (nSPS) is 22.0. The monoisotopic (exact) mass is 546 g/mol. The fourth-order valence-electron chi connectivity index (χ4n) is 6.24. The number of hydrogen-bond acceptors (Lipinski definition) is 7. The molecule has 0 N–H and O–H groups in total. The zero-order valence-electron chi connectivity index (χ0n) is 24.3. The standard InChI is InChI=1S/C30H45O7P/c1-27(2,3)20-16-14-19(15-17-20)18-23-24(31)21-12-10-11-13-22(21)25(32)26(23)36-30(28(4,5)6,29(7,8)9)37-38(33,34)35/h10-13,19-20H,14-18H2,1-9H3,(H2,33,34,35)/p-2. The summed E-state index contributed by atoms with van der Waals surface area (Å²) in [7, 11) is -5.57. The van der Waals surface area contributed by atoms with Crippen molar-refractivity contribution in [2.75, 3.05) is 0 Å². The Balaban J connectivity index is 2.14. The molecule has 2 aliphatic carbocycles. The Hall–Kier alpha value is -1.79. The van der Waals surface area contributed by atoms with E-state index in [0.717, 1.165) is 25.7 Å². The Morgan fingerprint density at radius 3 is 1.71 bits per heavy atom. The van der Waals surface area contributed by atoms with Gasteiger partial charge in [-0.1, -0.05) is 86.6 Å². The minimum Gasteiger partial charge on any atom is -0.790 e. The number of carbonyl (C=O) groups is 2. The van der Waals surface area contributed by atoms with E-state index in [0.29, 0.717) is 17.9 Å². The molecule has 0 atom stereocenters. The molecule has 7 nitrogen and oxygen atoms in total. The van der Waals surface area contributed by atoms with Gasteiger partial charge in [0.05, 0.1) is 7.82 Å². The number of phosphoric ester groups is 1. The van der Waals surface area contributed by atoms with Crippen LogP contribution in [-0.2, 0) is 13.8 Å². The average molecular weight is 547 g/mol. The molecular weight excluding hydrogens is 503 g/mol. The zero-order valence-corrected chi connectivity index (χ0v) is 25.2. The van der Waals surface area contributed by atoms with Gasteiger partial charge in [-0.05, 0) is 49.4 Å². The summed E-state index contributed by atoms with van der Waals surface area (Å²) in [5.41, 5.74) is -1.22. The van der Waals surface area contributed by atoms with E-state index in [1.54, 1.807) is 65.8 Å². The van der Waals surface area contributed by atoms with Crippen LogP contribution in [0.2, 0.25) is 0 Å². The van der Waals surface area contributed by atoms with Crippen molar-refractivity contribution in [3.05, 3.63) is 46.7 Å². The highest BCUT2D eigenvalue weighted by molar-refractivity contribution is 7.43. The van der Waals surface area contributed by atoms with Crippen LogP contribution in [-0.4, -0.2) is 17.4 Å². The van der Waals surface area contributed by atoms with Crippen LogP contribution < -0.4 is 9.79 Å².